The highest BCUT2D eigenvalue weighted by Crippen LogP contribution is 2.31. The highest BCUT2D eigenvalue weighted by atomic mass is 16.5. The highest BCUT2D eigenvalue weighted by molar-refractivity contribution is 5.97. The second-order valence-corrected chi connectivity index (χ2v) is 6.16. The molecule has 1 aromatic rings. The zero-order valence-electron chi connectivity index (χ0n) is 12.9. The fourth-order valence-corrected chi connectivity index (χ4v) is 3.04. The third-order valence-corrected chi connectivity index (χ3v) is 4.48. The van der Waals surface area contributed by atoms with E-state index in [2.05, 4.69) is 15.0 Å². The summed E-state index contributed by atoms with van der Waals surface area (Å²) in [5.74, 6) is -0.0190. The maximum atomic E-state index is 12.2. The minimum absolute atomic E-state index is 0.129. The second-order valence-electron chi connectivity index (χ2n) is 6.16. The summed E-state index contributed by atoms with van der Waals surface area (Å²) in [7, 11) is 1.33. The van der Waals surface area contributed by atoms with Crippen molar-refractivity contribution in [2.75, 3.05) is 26.7 Å². The van der Waals surface area contributed by atoms with E-state index in [1.807, 2.05) is 0 Å². The Morgan fingerprint density at radius 1 is 1.27 bits per heavy atom. The maximum absolute atomic E-state index is 12.2. The van der Waals surface area contributed by atoms with Crippen molar-refractivity contribution in [1.29, 1.82) is 0 Å². The molecule has 1 saturated heterocycles. The van der Waals surface area contributed by atoms with Gasteiger partial charge in [-0.15, -0.1) is 0 Å². The third kappa shape index (κ3) is 3.47. The molecule has 1 N–H and O–H groups in total. The molecule has 5 heteroatoms. The summed E-state index contributed by atoms with van der Waals surface area (Å²) in [5.41, 5.74) is 0.899. The molecule has 5 nitrogen and oxygen atoms in total. The smallest absolute Gasteiger partial charge is 0.337 e. The Kier molecular flexibility index (Phi) is 4.43. The summed E-state index contributed by atoms with van der Waals surface area (Å²) >= 11 is 0. The molecule has 22 heavy (non-hydrogen) atoms. The average molecular weight is 302 g/mol. The number of amides is 1. The molecule has 1 heterocycles. The Labute approximate surface area is 130 Å². The summed E-state index contributed by atoms with van der Waals surface area (Å²) in [6.45, 7) is 2.95. The number of nitrogens with one attached hydrogen (secondary N) is 1. The van der Waals surface area contributed by atoms with Gasteiger partial charge in [0.2, 0.25) is 0 Å². The summed E-state index contributed by atoms with van der Waals surface area (Å²) in [5, 5.41) is 2.99. The third-order valence-electron chi connectivity index (χ3n) is 4.48. The number of methoxy groups -OCH3 is 1. The number of likely N-dealkylation sites (tertiary alicyclic amines) is 1. The number of rotatable bonds is 5. The molecule has 1 amide bonds. The van der Waals surface area contributed by atoms with Crippen LogP contribution in [0, 0.1) is 5.92 Å². The van der Waals surface area contributed by atoms with Gasteiger partial charge in [0, 0.05) is 24.7 Å². The van der Waals surface area contributed by atoms with Crippen LogP contribution in [0.25, 0.3) is 0 Å². The van der Waals surface area contributed by atoms with Crippen molar-refractivity contribution in [3.63, 3.8) is 0 Å². The molecule has 0 aromatic heterocycles. The molecule has 0 spiro atoms. The number of hydrogen-bond donors (Lipinski definition) is 1. The lowest BCUT2D eigenvalue weighted by atomic mass is 10.1. The lowest BCUT2D eigenvalue weighted by Crippen LogP contribution is -2.31. The molecule has 1 saturated carbocycles. The van der Waals surface area contributed by atoms with Gasteiger partial charge in [-0.2, -0.15) is 0 Å². The Morgan fingerprint density at radius 2 is 2.05 bits per heavy atom. The molecule has 118 valence electrons. The molecule has 2 aliphatic rings. The van der Waals surface area contributed by atoms with Crippen LogP contribution in [0.4, 0.5) is 0 Å². The van der Waals surface area contributed by atoms with Crippen molar-refractivity contribution < 1.29 is 14.3 Å². The molecule has 3 rings (SSSR count). The van der Waals surface area contributed by atoms with Gasteiger partial charge in [0.05, 0.1) is 12.7 Å². The van der Waals surface area contributed by atoms with Crippen LogP contribution in [0.3, 0.4) is 0 Å². The molecular weight excluding hydrogens is 280 g/mol. The van der Waals surface area contributed by atoms with Crippen molar-refractivity contribution in [1.82, 2.24) is 10.2 Å². The summed E-state index contributed by atoms with van der Waals surface area (Å²) in [6, 6.07) is 7.44. The van der Waals surface area contributed by atoms with Gasteiger partial charge >= 0.3 is 5.97 Å². The Morgan fingerprint density at radius 3 is 2.77 bits per heavy atom. The van der Waals surface area contributed by atoms with Gasteiger partial charge < -0.3 is 15.0 Å². The van der Waals surface area contributed by atoms with Crippen LogP contribution in [0.5, 0.6) is 0 Å². The van der Waals surface area contributed by atoms with Gasteiger partial charge in [0.1, 0.15) is 0 Å². The van der Waals surface area contributed by atoms with Gasteiger partial charge in [0.15, 0.2) is 0 Å². The van der Waals surface area contributed by atoms with Crippen LogP contribution in [0.15, 0.2) is 24.3 Å². The van der Waals surface area contributed by atoms with E-state index in [0.717, 1.165) is 25.6 Å². The fraction of sp³-hybridized carbons (Fsp3) is 0.529. The molecule has 0 bridgehead atoms. The zero-order valence-corrected chi connectivity index (χ0v) is 12.9. The van der Waals surface area contributed by atoms with E-state index >= 15 is 0 Å². The van der Waals surface area contributed by atoms with Crippen LogP contribution in [0.2, 0.25) is 0 Å². The average Bonchev–Trinajstić information content (AvgIpc) is 3.30. The minimum Gasteiger partial charge on any atom is -0.465 e. The standard InChI is InChI=1S/C17H22N2O3/c1-22-17(21)14-4-2-3-13(9-14)16(20)18-10-12-7-8-19(11-12)15-5-6-15/h2-4,9,12,15H,5-8,10-11H2,1H3,(H,18,20). The largest absolute Gasteiger partial charge is 0.465 e. The number of carbonyl (C=O) groups excluding carboxylic acids is 2. The first-order chi connectivity index (χ1) is 10.7. The van der Waals surface area contributed by atoms with Gasteiger partial charge in [-0.1, -0.05) is 6.07 Å². The van der Waals surface area contributed by atoms with E-state index < -0.39 is 5.97 Å². The van der Waals surface area contributed by atoms with E-state index in [9.17, 15) is 9.59 Å². The van der Waals surface area contributed by atoms with E-state index in [-0.39, 0.29) is 5.91 Å². The van der Waals surface area contributed by atoms with Gasteiger partial charge in [0.25, 0.3) is 5.91 Å². The van der Waals surface area contributed by atoms with E-state index in [4.69, 9.17) is 0 Å². The first kappa shape index (κ1) is 15.0. The lowest BCUT2D eigenvalue weighted by molar-refractivity contribution is 0.0600. The molecule has 1 atom stereocenters. The van der Waals surface area contributed by atoms with Crippen LogP contribution >= 0.6 is 0 Å². The Balaban J connectivity index is 1.52. The van der Waals surface area contributed by atoms with Crippen molar-refractivity contribution in [2.24, 2.45) is 5.92 Å². The number of esters is 1. The second kappa shape index (κ2) is 6.48. The lowest BCUT2D eigenvalue weighted by Gasteiger charge is -2.15. The van der Waals surface area contributed by atoms with E-state index in [0.29, 0.717) is 23.6 Å². The first-order valence-corrected chi connectivity index (χ1v) is 7.88. The van der Waals surface area contributed by atoms with Crippen LogP contribution in [-0.2, 0) is 4.74 Å². The zero-order chi connectivity index (χ0) is 15.5. The topological polar surface area (TPSA) is 58.6 Å². The van der Waals surface area contributed by atoms with Crippen molar-refractivity contribution in [2.45, 2.75) is 25.3 Å². The highest BCUT2D eigenvalue weighted by Gasteiger charge is 2.34. The van der Waals surface area contributed by atoms with E-state index in [1.54, 1.807) is 24.3 Å². The molecule has 1 aromatic carbocycles. The van der Waals surface area contributed by atoms with Crippen molar-refractivity contribution >= 4 is 11.9 Å². The Hall–Kier alpha value is -1.88. The molecule has 1 aliphatic carbocycles. The number of ether oxygens (including phenoxy) is 1. The summed E-state index contributed by atoms with van der Waals surface area (Å²) in [4.78, 5) is 26.3. The molecule has 2 fully saturated rings. The normalized spacial score (nSPS) is 21.6. The fourth-order valence-electron chi connectivity index (χ4n) is 3.04. The molecule has 1 unspecified atom stereocenters. The van der Waals surface area contributed by atoms with Crippen LogP contribution in [0.1, 0.15) is 40.0 Å². The van der Waals surface area contributed by atoms with Crippen LogP contribution in [-0.4, -0.2) is 49.6 Å². The Bertz CT molecular complexity index is 569. The molecule has 0 radical (unpaired) electrons. The SMILES string of the molecule is COC(=O)c1cccc(C(=O)NCC2CCN(C3CC3)C2)c1. The monoisotopic (exact) mass is 302 g/mol. The van der Waals surface area contributed by atoms with E-state index in [1.165, 1.54) is 20.0 Å². The summed E-state index contributed by atoms with van der Waals surface area (Å²) in [6.07, 6.45) is 3.82. The van der Waals surface area contributed by atoms with Crippen molar-refractivity contribution in [3.8, 4) is 0 Å². The maximum Gasteiger partial charge on any atom is 0.337 e. The van der Waals surface area contributed by atoms with Gasteiger partial charge in [-0.3, -0.25) is 4.79 Å². The van der Waals surface area contributed by atoms with Crippen molar-refractivity contribution in [3.05, 3.63) is 35.4 Å². The first-order valence-electron chi connectivity index (χ1n) is 7.88. The van der Waals surface area contributed by atoms with Crippen LogP contribution < -0.4 is 5.32 Å². The van der Waals surface area contributed by atoms with Gasteiger partial charge in [-0.25, -0.2) is 4.79 Å². The minimum atomic E-state index is -0.425. The number of nitrogens with zero attached hydrogens (tertiary/aromatic N) is 1. The molecule has 1 aliphatic heterocycles. The predicted molar refractivity (Wildman–Crippen MR) is 82.8 cm³/mol. The number of hydrogen-bond acceptors (Lipinski definition) is 4. The number of carbonyl (C=O) groups is 2. The predicted octanol–water partition coefficient (Wildman–Crippen LogP) is 1.69. The quantitative estimate of drug-likeness (QED) is 0.841. The molecular formula is C17H22N2O3. The summed E-state index contributed by atoms with van der Waals surface area (Å²) < 4.78 is 4.68. The van der Waals surface area contributed by atoms with Gasteiger partial charge in [-0.05, 0) is 49.9 Å². The number of benzene rings is 1.